The van der Waals surface area contributed by atoms with Crippen LogP contribution < -0.4 is 9.80 Å². The largest absolute Gasteiger partial charge is 0.336 e. The van der Waals surface area contributed by atoms with Crippen molar-refractivity contribution in [2.75, 3.05) is 9.80 Å². The zero-order valence-electron chi connectivity index (χ0n) is 15.3. The fourth-order valence-corrected chi connectivity index (χ4v) is 3.38. The number of imide groups is 1. The van der Waals surface area contributed by atoms with Gasteiger partial charge in [-0.1, -0.05) is 78.9 Å². The number of hydrogen-bond acceptors (Lipinski definition) is 2. The minimum atomic E-state index is -0.345. The maximum atomic E-state index is 13.4. The number of carbonyl (C=O) groups excluding carboxylic acids is 2. The van der Waals surface area contributed by atoms with E-state index in [0.29, 0.717) is 5.69 Å². The van der Waals surface area contributed by atoms with E-state index in [1.54, 1.807) is 17.0 Å². The van der Waals surface area contributed by atoms with Gasteiger partial charge >= 0.3 is 6.03 Å². The lowest BCUT2D eigenvalue weighted by molar-refractivity contribution is -0.118. The van der Waals surface area contributed by atoms with Crippen LogP contribution in [0.25, 0.3) is 6.08 Å². The lowest BCUT2D eigenvalue weighted by atomic mass is 10.0. The number of hydrogen-bond donors (Lipinski definition) is 0. The first-order valence-electron chi connectivity index (χ1n) is 9.23. The van der Waals surface area contributed by atoms with Gasteiger partial charge in [0.2, 0.25) is 5.91 Å². The molecule has 0 saturated carbocycles. The summed E-state index contributed by atoms with van der Waals surface area (Å²) >= 11 is 0. The summed E-state index contributed by atoms with van der Waals surface area (Å²) in [7, 11) is 0. The smallest absolute Gasteiger partial charge is 0.286 e. The third-order valence-corrected chi connectivity index (χ3v) is 4.72. The van der Waals surface area contributed by atoms with E-state index in [0.717, 1.165) is 11.3 Å². The molecule has 1 aliphatic rings. The summed E-state index contributed by atoms with van der Waals surface area (Å²) in [6, 6.07) is 27.7. The zero-order chi connectivity index (χ0) is 19.3. The standard InChI is InChI=1S/C24H20N2O2/c27-23-18-22(17-16-19-10-4-1-5-11-19)25(20-12-6-2-7-13-20)24(28)26(23)21-14-8-3-9-15-21/h1-17,22H,18H2/b17-16+. The highest BCUT2D eigenvalue weighted by atomic mass is 16.2. The molecule has 1 unspecified atom stereocenters. The molecule has 4 nitrogen and oxygen atoms in total. The topological polar surface area (TPSA) is 40.6 Å². The van der Waals surface area contributed by atoms with E-state index in [4.69, 9.17) is 0 Å². The van der Waals surface area contributed by atoms with Crippen molar-refractivity contribution in [3.05, 3.63) is 103 Å². The summed E-state index contributed by atoms with van der Waals surface area (Å²) in [6.07, 6.45) is 4.11. The summed E-state index contributed by atoms with van der Waals surface area (Å²) in [5, 5.41) is 0. The van der Waals surface area contributed by atoms with E-state index in [9.17, 15) is 9.59 Å². The molecular weight excluding hydrogens is 348 g/mol. The molecular formula is C24H20N2O2. The molecule has 3 aromatic carbocycles. The number of rotatable bonds is 4. The zero-order valence-corrected chi connectivity index (χ0v) is 15.3. The maximum Gasteiger partial charge on any atom is 0.336 e. The normalized spacial score (nSPS) is 17.4. The van der Waals surface area contributed by atoms with Gasteiger partial charge in [-0.15, -0.1) is 0 Å². The second-order valence-corrected chi connectivity index (χ2v) is 6.59. The van der Waals surface area contributed by atoms with Crippen LogP contribution in [0.1, 0.15) is 12.0 Å². The molecule has 3 aromatic rings. The number of anilines is 2. The van der Waals surface area contributed by atoms with Crippen LogP contribution in [-0.4, -0.2) is 18.0 Å². The Hall–Kier alpha value is -3.66. The Balaban J connectivity index is 1.71. The first-order chi connectivity index (χ1) is 13.7. The lowest BCUT2D eigenvalue weighted by Crippen LogP contribution is -2.57. The predicted molar refractivity (Wildman–Crippen MR) is 112 cm³/mol. The molecule has 4 rings (SSSR count). The van der Waals surface area contributed by atoms with Crippen molar-refractivity contribution in [1.29, 1.82) is 0 Å². The van der Waals surface area contributed by atoms with E-state index in [2.05, 4.69) is 0 Å². The first kappa shape index (κ1) is 17.7. The molecule has 0 radical (unpaired) electrons. The molecule has 0 aromatic heterocycles. The van der Waals surface area contributed by atoms with Gasteiger partial charge in [-0.05, 0) is 29.8 Å². The van der Waals surface area contributed by atoms with Crippen molar-refractivity contribution < 1.29 is 9.59 Å². The Morgan fingerprint density at radius 3 is 1.86 bits per heavy atom. The molecule has 1 aliphatic heterocycles. The molecule has 0 spiro atoms. The van der Waals surface area contributed by atoms with Crippen LogP contribution in [0, 0.1) is 0 Å². The number of amides is 3. The Kier molecular flexibility index (Phi) is 5.02. The van der Waals surface area contributed by atoms with Crippen molar-refractivity contribution in [3.8, 4) is 0 Å². The SMILES string of the molecule is O=C1CC(/C=C/c2ccccc2)N(c2ccccc2)C(=O)N1c1ccccc1. The van der Waals surface area contributed by atoms with Gasteiger partial charge in [0.25, 0.3) is 0 Å². The maximum absolute atomic E-state index is 13.4. The fraction of sp³-hybridized carbons (Fsp3) is 0.0833. The van der Waals surface area contributed by atoms with E-state index < -0.39 is 0 Å². The first-order valence-corrected chi connectivity index (χ1v) is 9.23. The molecule has 3 amide bonds. The molecule has 4 heteroatoms. The van der Waals surface area contributed by atoms with Gasteiger partial charge in [0, 0.05) is 5.69 Å². The van der Waals surface area contributed by atoms with Crippen molar-refractivity contribution in [2.24, 2.45) is 0 Å². The molecule has 0 bridgehead atoms. The van der Waals surface area contributed by atoms with Crippen LogP contribution in [0.3, 0.4) is 0 Å². The highest BCUT2D eigenvalue weighted by Gasteiger charge is 2.39. The van der Waals surface area contributed by atoms with Gasteiger partial charge in [0.1, 0.15) is 0 Å². The third-order valence-electron chi connectivity index (χ3n) is 4.72. The van der Waals surface area contributed by atoms with Gasteiger partial charge in [-0.3, -0.25) is 9.69 Å². The average Bonchev–Trinajstić information content (AvgIpc) is 2.74. The second-order valence-electron chi connectivity index (χ2n) is 6.59. The molecule has 138 valence electrons. The summed E-state index contributed by atoms with van der Waals surface area (Å²) < 4.78 is 0. The number of nitrogens with zero attached hydrogens (tertiary/aromatic N) is 2. The predicted octanol–water partition coefficient (Wildman–Crippen LogP) is 5.13. The van der Waals surface area contributed by atoms with Crippen molar-refractivity contribution in [3.63, 3.8) is 0 Å². The van der Waals surface area contributed by atoms with E-state index >= 15 is 0 Å². The highest BCUT2D eigenvalue weighted by molar-refractivity contribution is 6.22. The molecule has 1 heterocycles. The van der Waals surface area contributed by atoms with E-state index in [-0.39, 0.29) is 24.4 Å². The number of carbonyl (C=O) groups is 2. The minimum Gasteiger partial charge on any atom is -0.286 e. The highest BCUT2D eigenvalue weighted by Crippen LogP contribution is 2.29. The minimum absolute atomic E-state index is 0.203. The average molecular weight is 368 g/mol. The van der Waals surface area contributed by atoms with Crippen LogP contribution in [0.15, 0.2) is 97.1 Å². The number of para-hydroxylation sites is 2. The van der Waals surface area contributed by atoms with Gasteiger partial charge in [0.15, 0.2) is 0 Å². The number of urea groups is 1. The Bertz CT molecular complexity index is 985. The van der Waals surface area contributed by atoms with Crippen molar-refractivity contribution in [1.82, 2.24) is 0 Å². The second kappa shape index (κ2) is 7.92. The molecule has 0 N–H and O–H groups in total. The van der Waals surface area contributed by atoms with Crippen LogP contribution in [-0.2, 0) is 4.79 Å². The molecule has 28 heavy (non-hydrogen) atoms. The number of benzene rings is 3. The van der Waals surface area contributed by atoms with Gasteiger partial charge in [-0.2, -0.15) is 0 Å². The van der Waals surface area contributed by atoms with Gasteiger partial charge < -0.3 is 0 Å². The Labute approximate surface area is 164 Å². The summed E-state index contributed by atoms with van der Waals surface area (Å²) in [4.78, 5) is 29.2. The summed E-state index contributed by atoms with van der Waals surface area (Å²) in [5.74, 6) is -0.203. The van der Waals surface area contributed by atoms with Crippen molar-refractivity contribution >= 4 is 29.4 Å². The molecule has 1 fully saturated rings. The van der Waals surface area contributed by atoms with E-state index in [1.807, 2.05) is 91.0 Å². The third kappa shape index (κ3) is 3.58. The fourth-order valence-electron chi connectivity index (χ4n) is 3.38. The van der Waals surface area contributed by atoms with Crippen LogP contribution in [0.4, 0.5) is 16.2 Å². The van der Waals surface area contributed by atoms with Crippen LogP contribution >= 0.6 is 0 Å². The van der Waals surface area contributed by atoms with Crippen LogP contribution in [0.2, 0.25) is 0 Å². The summed E-state index contributed by atoms with van der Waals surface area (Å²) in [6.45, 7) is 0. The Morgan fingerprint density at radius 2 is 1.25 bits per heavy atom. The van der Waals surface area contributed by atoms with Gasteiger partial charge in [0.05, 0.1) is 18.2 Å². The van der Waals surface area contributed by atoms with Gasteiger partial charge in [-0.25, -0.2) is 9.69 Å². The Morgan fingerprint density at radius 1 is 0.714 bits per heavy atom. The lowest BCUT2D eigenvalue weighted by Gasteiger charge is -2.39. The molecule has 1 atom stereocenters. The van der Waals surface area contributed by atoms with Crippen molar-refractivity contribution in [2.45, 2.75) is 12.5 Å². The monoisotopic (exact) mass is 368 g/mol. The van der Waals surface area contributed by atoms with Crippen LogP contribution in [0.5, 0.6) is 0 Å². The molecule has 1 saturated heterocycles. The van der Waals surface area contributed by atoms with E-state index in [1.165, 1.54) is 4.90 Å². The quantitative estimate of drug-likeness (QED) is 0.640. The summed E-state index contributed by atoms with van der Waals surface area (Å²) in [5.41, 5.74) is 2.38. The molecule has 0 aliphatic carbocycles.